The minimum atomic E-state index is -4.76. The van der Waals surface area contributed by atoms with Gasteiger partial charge in [0.25, 0.3) is 5.91 Å². The van der Waals surface area contributed by atoms with Gasteiger partial charge in [0.1, 0.15) is 12.3 Å². The molecule has 0 spiro atoms. The van der Waals surface area contributed by atoms with Gasteiger partial charge in [0.05, 0.1) is 23.2 Å². The summed E-state index contributed by atoms with van der Waals surface area (Å²) in [6.45, 7) is -1.44. The predicted octanol–water partition coefficient (Wildman–Crippen LogP) is 3.90. The average Bonchev–Trinajstić information content (AvgIpc) is 3.06. The summed E-state index contributed by atoms with van der Waals surface area (Å²) in [7, 11) is 1.44. The molecule has 0 aliphatic rings. The van der Waals surface area contributed by atoms with Crippen LogP contribution in [0, 0.1) is 0 Å². The molecule has 3 rings (SSSR count). The van der Waals surface area contributed by atoms with Crippen molar-refractivity contribution in [2.45, 2.75) is 12.7 Å². The Balaban J connectivity index is 1.65. The minimum absolute atomic E-state index is 0.0896. The van der Waals surface area contributed by atoms with E-state index in [9.17, 15) is 22.8 Å². The van der Waals surface area contributed by atoms with Crippen molar-refractivity contribution in [1.82, 2.24) is 9.55 Å². The molecule has 3 aromatic rings. The molecule has 11 heteroatoms. The Morgan fingerprint density at radius 3 is 2.60 bits per heavy atom. The van der Waals surface area contributed by atoms with Gasteiger partial charge in [0.2, 0.25) is 5.82 Å². The number of imidazole rings is 1. The Morgan fingerprint density at radius 1 is 1.20 bits per heavy atom. The van der Waals surface area contributed by atoms with Gasteiger partial charge in [-0.2, -0.15) is 13.2 Å². The van der Waals surface area contributed by atoms with Gasteiger partial charge in [0, 0.05) is 5.69 Å². The molecule has 1 heterocycles. The maximum Gasteiger partial charge on any atom is 0.449 e. The van der Waals surface area contributed by atoms with Crippen molar-refractivity contribution in [3.63, 3.8) is 0 Å². The van der Waals surface area contributed by atoms with Gasteiger partial charge in [-0.15, -0.1) is 0 Å². The van der Waals surface area contributed by atoms with Crippen molar-refractivity contribution in [2.24, 2.45) is 0 Å². The zero-order valence-corrected chi connectivity index (χ0v) is 16.3. The molecule has 1 amide bonds. The molecule has 1 N–H and O–H groups in total. The van der Waals surface area contributed by atoms with Crippen molar-refractivity contribution in [1.29, 1.82) is 0 Å². The number of para-hydroxylation sites is 2. The summed E-state index contributed by atoms with van der Waals surface area (Å²) in [5.41, 5.74) is 0.549. The molecule has 0 aliphatic heterocycles. The molecule has 0 radical (unpaired) electrons. The number of anilines is 1. The third-order valence-electron chi connectivity index (χ3n) is 4.00. The molecule has 0 bridgehead atoms. The number of rotatable bonds is 6. The fraction of sp³-hybridized carbons (Fsp3) is 0.211. The first kappa shape index (κ1) is 21.4. The van der Waals surface area contributed by atoms with Gasteiger partial charge >= 0.3 is 12.1 Å². The SMILES string of the molecule is COc1ccc(NC(=O)COC(=O)Cn2c(C(F)(F)F)nc3ccccc32)cc1Cl. The number of benzene rings is 2. The molecular formula is C19H15ClF3N3O4. The van der Waals surface area contributed by atoms with Crippen molar-refractivity contribution in [2.75, 3.05) is 19.0 Å². The molecule has 0 saturated heterocycles. The summed E-state index contributed by atoms with van der Waals surface area (Å²) in [6, 6.07) is 10.4. The highest BCUT2D eigenvalue weighted by Crippen LogP contribution is 2.31. The van der Waals surface area contributed by atoms with Crippen LogP contribution < -0.4 is 10.1 Å². The highest BCUT2D eigenvalue weighted by molar-refractivity contribution is 6.32. The Labute approximate surface area is 173 Å². The van der Waals surface area contributed by atoms with Crippen molar-refractivity contribution in [3.05, 3.63) is 53.3 Å². The Hall–Kier alpha value is -3.27. The van der Waals surface area contributed by atoms with Crippen LogP contribution in [0.25, 0.3) is 11.0 Å². The monoisotopic (exact) mass is 441 g/mol. The standard InChI is InChI=1S/C19H15ClF3N3O4/c1-29-15-7-6-11(8-12(15)20)24-16(27)10-30-17(28)9-26-14-5-3-2-4-13(14)25-18(26)19(21,22)23/h2-8H,9-10H2,1H3,(H,24,27). The quantitative estimate of drug-likeness (QED) is 0.587. The summed E-state index contributed by atoms with van der Waals surface area (Å²) in [5.74, 6) is -2.52. The number of fused-ring (bicyclic) bond motifs is 1. The number of nitrogens with one attached hydrogen (secondary N) is 1. The maximum absolute atomic E-state index is 13.3. The van der Waals surface area contributed by atoms with Gasteiger partial charge < -0.3 is 19.4 Å². The third-order valence-corrected chi connectivity index (χ3v) is 4.29. The first-order valence-corrected chi connectivity index (χ1v) is 8.88. The zero-order valence-electron chi connectivity index (χ0n) is 15.5. The largest absolute Gasteiger partial charge is 0.495 e. The molecule has 7 nitrogen and oxygen atoms in total. The smallest absolute Gasteiger partial charge is 0.449 e. The number of amides is 1. The second kappa shape index (κ2) is 8.62. The second-order valence-electron chi connectivity index (χ2n) is 6.07. The van der Waals surface area contributed by atoms with E-state index in [-0.39, 0.29) is 16.1 Å². The lowest BCUT2D eigenvalue weighted by Crippen LogP contribution is -2.24. The number of hydrogen-bond acceptors (Lipinski definition) is 5. The van der Waals surface area contributed by atoms with Crippen LogP contribution in [-0.4, -0.2) is 35.1 Å². The Morgan fingerprint density at radius 2 is 1.93 bits per heavy atom. The number of alkyl halides is 3. The van der Waals surface area contributed by atoms with E-state index in [1.54, 1.807) is 0 Å². The summed E-state index contributed by atoms with van der Waals surface area (Å²) in [6.07, 6.45) is -4.76. The summed E-state index contributed by atoms with van der Waals surface area (Å²) >= 11 is 5.96. The molecular weight excluding hydrogens is 427 g/mol. The lowest BCUT2D eigenvalue weighted by atomic mass is 10.3. The highest BCUT2D eigenvalue weighted by atomic mass is 35.5. The highest BCUT2D eigenvalue weighted by Gasteiger charge is 2.38. The number of carbonyl (C=O) groups excluding carboxylic acids is 2. The second-order valence-corrected chi connectivity index (χ2v) is 6.47. The van der Waals surface area contributed by atoms with Crippen LogP contribution >= 0.6 is 11.6 Å². The van der Waals surface area contributed by atoms with Gasteiger partial charge in [0.15, 0.2) is 6.61 Å². The van der Waals surface area contributed by atoms with Crippen LogP contribution in [0.15, 0.2) is 42.5 Å². The lowest BCUT2D eigenvalue weighted by molar-refractivity contribution is -0.152. The first-order chi connectivity index (χ1) is 14.2. The zero-order chi connectivity index (χ0) is 21.9. The number of halogens is 4. The number of hydrogen-bond donors (Lipinski definition) is 1. The fourth-order valence-electron chi connectivity index (χ4n) is 2.71. The van der Waals surface area contributed by atoms with E-state index in [1.165, 1.54) is 49.6 Å². The number of methoxy groups -OCH3 is 1. The molecule has 0 aliphatic carbocycles. The van der Waals surface area contributed by atoms with Crippen LogP contribution in [0.2, 0.25) is 5.02 Å². The Kier molecular flexibility index (Phi) is 6.16. The number of esters is 1. The summed E-state index contributed by atoms with van der Waals surface area (Å²) in [5, 5.41) is 2.72. The van der Waals surface area contributed by atoms with Crippen LogP contribution in [0.5, 0.6) is 5.75 Å². The average molecular weight is 442 g/mol. The maximum atomic E-state index is 13.3. The van der Waals surface area contributed by atoms with Crippen LogP contribution in [0.1, 0.15) is 5.82 Å². The van der Waals surface area contributed by atoms with Gasteiger partial charge in [-0.25, -0.2) is 4.98 Å². The third kappa shape index (κ3) is 4.82. The topological polar surface area (TPSA) is 82.5 Å². The summed E-state index contributed by atoms with van der Waals surface area (Å²) in [4.78, 5) is 27.6. The van der Waals surface area contributed by atoms with E-state index in [1.807, 2.05) is 0 Å². The molecule has 2 aromatic carbocycles. The number of carbonyl (C=O) groups is 2. The van der Waals surface area contributed by atoms with E-state index in [2.05, 4.69) is 10.3 Å². The van der Waals surface area contributed by atoms with Crippen LogP contribution in [-0.2, 0) is 27.0 Å². The van der Waals surface area contributed by atoms with Crippen molar-refractivity contribution < 1.29 is 32.2 Å². The lowest BCUT2D eigenvalue weighted by Gasteiger charge is -2.11. The van der Waals surface area contributed by atoms with Crippen LogP contribution in [0.3, 0.4) is 0 Å². The fourth-order valence-corrected chi connectivity index (χ4v) is 2.97. The van der Waals surface area contributed by atoms with E-state index >= 15 is 0 Å². The van der Waals surface area contributed by atoms with Crippen molar-refractivity contribution in [3.8, 4) is 5.75 Å². The summed E-state index contributed by atoms with van der Waals surface area (Å²) < 4.78 is 50.3. The predicted molar refractivity (Wildman–Crippen MR) is 102 cm³/mol. The van der Waals surface area contributed by atoms with E-state index < -0.39 is 37.0 Å². The number of aromatic nitrogens is 2. The molecule has 30 heavy (non-hydrogen) atoms. The number of ether oxygens (including phenoxy) is 2. The molecule has 0 saturated carbocycles. The van der Waals surface area contributed by atoms with E-state index in [4.69, 9.17) is 21.1 Å². The van der Waals surface area contributed by atoms with Crippen molar-refractivity contribution >= 4 is 40.2 Å². The van der Waals surface area contributed by atoms with Gasteiger partial charge in [-0.1, -0.05) is 23.7 Å². The minimum Gasteiger partial charge on any atom is -0.495 e. The molecule has 158 valence electrons. The van der Waals surface area contributed by atoms with E-state index in [0.717, 1.165) is 0 Å². The van der Waals surface area contributed by atoms with Crippen LogP contribution in [0.4, 0.5) is 18.9 Å². The normalized spacial score (nSPS) is 11.4. The van der Waals surface area contributed by atoms with Gasteiger partial charge in [-0.05, 0) is 30.3 Å². The molecule has 0 atom stereocenters. The number of nitrogens with zero attached hydrogens (tertiary/aromatic N) is 2. The van der Waals surface area contributed by atoms with Gasteiger partial charge in [-0.3, -0.25) is 9.59 Å². The Bertz CT molecular complexity index is 1100. The molecule has 0 fully saturated rings. The first-order valence-electron chi connectivity index (χ1n) is 8.50. The molecule has 0 unspecified atom stereocenters. The molecule has 1 aromatic heterocycles. The van der Waals surface area contributed by atoms with E-state index in [0.29, 0.717) is 16.0 Å².